The van der Waals surface area contributed by atoms with Crippen molar-refractivity contribution in [2.45, 2.75) is 26.3 Å². The third-order valence-electron chi connectivity index (χ3n) is 3.09. The van der Waals surface area contributed by atoms with Gasteiger partial charge in [0.25, 0.3) is 0 Å². The number of rotatable bonds is 6. The molecule has 0 radical (unpaired) electrons. The fraction of sp³-hybridized carbons (Fsp3) is 0.375. The minimum Gasteiger partial charge on any atom is -0.497 e. The largest absolute Gasteiger partial charge is 0.497 e. The molecule has 2 aromatic rings. The van der Waals surface area contributed by atoms with E-state index < -0.39 is 0 Å². The van der Waals surface area contributed by atoms with Crippen LogP contribution in [0.15, 0.2) is 36.4 Å². The maximum absolute atomic E-state index is 5.22. The third-order valence-corrected chi connectivity index (χ3v) is 4.16. The lowest BCUT2D eigenvalue weighted by Gasteiger charge is -2.18. The van der Waals surface area contributed by atoms with E-state index in [4.69, 9.17) is 4.74 Å². The van der Waals surface area contributed by atoms with Gasteiger partial charge in [-0.15, -0.1) is 11.3 Å². The molecule has 1 unspecified atom stereocenters. The van der Waals surface area contributed by atoms with Crippen LogP contribution in [0.4, 0.5) is 0 Å². The van der Waals surface area contributed by atoms with Gasteiger partial charge in [0.1, 0.15) is 5.75 Å². The Kier molecular flexibility index (Phi) is 5.00. The number of hydrogen-bond acceptors (Lipinski definition) is 3. The van der Waals surface area contributed by atoms with Gasteiger partial charge in [-0.1, -0.05) is 19.1 Å². The monoisotopic (exact) mass is 275 g/mol. The Morgan fingerprint density at radius 3 is 2.42 bits per heavy atom. The summed E-state index contributed by atoms with van der Waals surface area (Å²) in [6.07, 6.45) is 1.14. The van der Waals surface area contributed by atoms with Gasteiger partial charge in [0.2, 0.25) is 0 Å². The van der Waals surface area contributed by atoms with Gasteiger partial charge >= 0.3 is 0 Å². The zero-order valence-corrected chi connectivity index (χ0v) is 12.6. The van der Waals surface area contributed by atoms with Crippen LogP contribution in [0.2, 0.25) is 0 Å². The summed E-state index contributed by atoms with van der Waals surface area (Å²) < 4.78 is 5.22. The Morgan fingerprint density at radius 1 is 1.16 bits per heavy atom. The van der Waals surface area contributed by atoms with Crippen molar-refractivity contribution in [3.05, 3.63) is 51.7 Å². The van der Waals surface area contributed by atoms with Crippen molar-refractivity contribution in [1.29, 1.82) is 0 Å². The topological polar surface area (TPSA) is 21.3 Å². The highest BCUT2D eigenvalue weighted by Gasteiger charge is 2.14. The SMILES string of the molecule is CCCNC(c1ccc(OC)cc1)c1ccc(C)s1. The van der Waals surface area contributed by atoms with Crippen molar-refractivity contribution >= 4 is 11.3 Å². The second-order valence-corrected chi connectivity index (χ2v) is 5.93. The van der Waals surface area contributed by atoms with E-state index in [1.165, 1.54) is 15.3 Å². The quantitative estimate of drug-likeness (QED) is 0.855. The summed E-state index contributed by atoms with van der Waals surface area (Å²) in [6.45, 7) is 5.37. The van der Waals surface area contributed by atoms with Crippen LogP contribution >= 0.6 is 11.3 Å². The van der Waals surface area contributed by atoms with E-state index in [0.29, 0.717) is 0 Å². The zero-order chi connectivity index (χ0) is 13.7. The second-order valence-electron chi connectivity index (χ2n) is 4.61. The first kappa shape index (κ1) is 14.1. The first-order valence-corrected chi connectivity index (χ1v) is 7.50. The van der Waals surface area contributed by atoms with E-state index in [9.17, 15) is 0 Å². The van der Waals surface area contributed by atoms with Crippen LogP contribution in [-0.2, 0) is 0 Å². The van der Waals surface area contributed by atoms with Crippen molar-refractivity contribution in [1.82, 2.24) is 5.32 Å². The summed E-state index contributed by atoms with van der Waals surface area (Å²) in [5.41, 5.74) is 1.29. The number of ether oxygens (including phenoxy) is 1. The molecule has 0 aliphatic carbocycles. The number of benzene rings is 1. The molecule has 0 aliphatic heterocycles. The van der Waals surface area contributed by atoms with Crippen LogP contribution in [0, 0.1) is 6.92 Å². The molecule has 1 atom stereocenters. The maximum Gasteiger partial charge on any atom is 0.118 e. The van der Waals surface area contributed by atoms with Crippen molar-refractivity contribution in [2.24, 2.45) is 0 Å². The van der Waals surface area contributed by atoms with E-state index in [-0.39, 0.29) is 6.04 Å². The van der Waals surface area contributed by atoms with Crippen LogP contribution in [0.3, 0.4) is 0 Å². The van der Waals surface area contributed by atoms with Crippen LogP contribution in [0.25, 0.3) is 0 Å². The molecule has 102 valence electrons. The van der Waals surface area contributed by atoms with Gasteiger partial charge in [-0.25, -0.2) is 0 Å². The number of methoxy groups -OCH3 is 1. The number of nitrogens with one attached hydrogen (secondary N) is 1. The standard InChI is InChI=1S/C16H21NOS/c1-4-11-17-16(15-10-5-12(2)19-15)13-6-8-14(18-3)9-7-13/h5-10,16-17H,4,11H2,1-3H3. The van der Waals surface area contributed by atoms with Gasteiger partial charge < -0.3 is 10.1 Å². The van der Waals surface area contributed by atoms with Crippen LogP contribution in [0.1, 0.15) is 34.7 Å². The Hall–Kier alpha value is -1.32. The summed E-state index contributed by atoms with van der Waals surface area (Å²) in [4.78, 5) is 2.72. The molecule has 0 saturated carbocycles. The summed E-state index contributed by atoms with van der Waals surface area (Å²) >= 11 is 1.86. The Morgan fingerprint density at radius 2 is 1.89 bits per heavy atom. The van der Waals surface area contributed by atoms with Gasteiger partial charge in [0.05, 0.1) is 13.2 Å². The molecule has 0 fully saturated rings. The molecule has 3 heteroatoms. The highest BCUT2D eigenvalue weighted by atomic mass is 32.1. The highest BCUT2D eigenvalue weighted by Crippen LogP contribution is 2.29. The van der Waals surface area contributed by atoms with Crippen LogP contribution in [0.5, 0.6) is 5.75 Å². The Balaban J connectivity index is 2.25. The molecule has 0 spiro atoms. The minimum absolute atomic E-state index is 0.282. The lowest BCUT2D eigenvalue weighted by molar-refractivity contribution is 0.414. The molecule has 0 saturated heterocycles. The predicted molar refractivity (Wildman–Crippen MR) is 82.2 cm³/mol. The van der Waals surface area contributed by atoms with E-state index in [0.717, 1.165) is 18.7 Å². The zero-order valence-electron chi connectivity index (χ0n) is 11.8. The normalized spacial score (nSPS) is 12.4. The van der Waals surface area contributed by atoms with Crippen LogP contribution in [-0.4, -0.2) is 13.7 Å². The minimum atomic E-state index is 0.282. The van der Waals surface area contributed by atoms with Crippen molar-refractivity contribution in [3.8, 4) is 5.75 Å². The van der Waals surface area contributed by atoms with Gasteiger partial charge in [0.15, 0.2) is 0 Å². The summed E-state index contributed by atoms with van der Waals surface area (Å²) in [7, 11) is 1.70. The molecule has 2 rings (SSSR count). The van der Waals surface area contributed by atoms with Gasteiger partial charge in [-0.3, -0.25) is 0 Å². The Bertz CT molecular complexity index is 504. The summed E-state index contributed by atoms with van der Waals surface area (Å²) in [6, 6.07) is 13.0. The smallest absolute Gasteiger partial charge is 0.118 e. The molecule has 1 aromatic heterocycles. The van der Waals surface area contributed by atoms with Crippen LogP contribution < -0.4 is 10.1 Å². The Labute approximate surface area is 119 Å². The third kappa shape index (κ3) is 3.58. The number of thiophene rings is 1. The molecule has 1 heterocycles. The van der Waals surface area contributed by atoms with E-state index >= 15 is 0 Å². The van der Waals surface area contributed by atoms with Gasteiger partial charge in [-0.05, 0) is 49.7 Å². The lowest BCUT2D eigenvalue weighted by Crippen LogP contribution is -2.22. The fourth-order valence-electron chi connectivity index (χ4n) is 2.08. The number of hydrogen-bond donors (Lipinski definition) is 1. The average molecular weight is 275 g/mol. The lowest BCUT2D eigenvalue weighted by atomic mass is 10.0. The molecular weight excluding hydrogens is 254 g/mol. The van der Waals surface area contributed by atoms with Gasteiger partial charge in [-0.2, -0.15) is 0 Å². The fourth-order valence-corrected chi connectivity index (χ4v) is 3.06. The second kappa shape index (κ2) is 6.73. The molecule has 1 N–H and O–H groups in total. The molecule has 19 heavy (non-hydrogen) atoms. The molecular formula is C16H21NOS. The average Bonchev–Trinajstić information content (AvgIpc) is 2.86. The first-order valence-electron chi connectivity index (χ1n) is 6.68. The first-order chi connectivity index (χ1) is 9.24. The molecule has 0 bridgehead atoms. The predicted octanol–water partition coefficient (Wildman–Crippen LogP) is 4.15. The van der Waals surface area contributed by atoms with Gasteiger partial charge in [0, 0.05) is 9.75 Å². The van der Waals surface area contributed by atoms with Crippen molar-refractivity contribution < 1.29 is 4.74 Å². The van der Waals surface area contributed by atoms with E-state index in [2.05, 4.69) is 43.4 Å². The molecule has 1 aromatic carbocycles. The molecule has 0 aliphatic rings. The number of aryl methyl sites for hydroxylation is 1. The summed E-state index contributed by atoms with van der Waals surface area (Å²) in [5, 5.41) is 3.62. The van der Waals surface area contributed by atoms with Crippen molar-refractivity contribution in [2.75, 3.05) is 13.7 Å². The summed E-state index contributed by atoms with van der Waals surface area (Å²) in [5.74, 6) is 0.903. The highest BCUT2D eigenvalue weighted by molar-refractivity contribution is 7.12. The maximum atomic E-state index is 5.22. The molecule has 2 nitrogen and oxygen atoms in total. The van der Waals surface area contributed by atoms with Crippen molar-refractivity contribution in [3.63, 3.8) is 0 Å². The molecule has 0 amide bonds. The van der Waals surface area contributed by atoms with E-state index in [1.807, 2.05) is 23.5 Å². The van der Waals surface area contributed by atoms with E-state index in [1.54, 1.807) is 7.11 Å².